The van der Waals surface area contributed by atoms with Crippen molar-refractivity contribution < 1.29 is 4.42 Å². The molecule has 1 aliphatic carbocycles. The van der Waals surface area contributed by atoms with Gasteiger partial charge in [-0.3, -0.25) is 0 Å². The third-order valence-corrected chi connectivity index (χ3v) is 12.8. The molecule has 1 heterocycles. The fourth-order valence-corrected chi connectivity index (χ4v) is 10.2. The molecule has 10 aromatic carbocycles. The average Bonchev–Trinajstić information content (AvgIpc) is 3.87. The molecule has 0 spiro atoms. The molecule has 1 aromatic heterocycles. The average molecular weight is 778 g/mol. The van der Waals surface area contributed by atoms with E-state index in [1.807, 2.05) is 6.07 Å². The van der Waals surface area contributed by atoms with E-state index in [4.69, 9.17) is 4.42 Å². The number of furan rings is 1. The summed E-state index contributed by atoms with van der Waals surface area (Å²) in [4.78, 5) is 2.49. The molecule has 0 saturated carbocycles. The Balaban J connectivity index is 1.17. The van der Waals surface area contributed by atoms with Crippen molar-refractivity contribution in [3.8, 4) is 33.4 Å². The van der Waals surface area contributed by atoms with Gasteiger partial charge in [0.2, 0.25) is 0 Å². The zero-order valence-electron chi connectivity index (χ0n) is 33.4. The molecule has 2 nitrogen and oxygen atoms in total. The minimum absolute atomic E-state index is 0.495. The molecule has 0 N–H and O–H groups in total. The summed E-state index contributed by atoms with van der Waals surface area (Å²) in [6.07, 6.45) is 0. The van der Waals surface area contributed by atoms with Gasteiger partial charge in [0.1, 0.15) is 11.2 Å². The maximum atomic E-state index is 6.72. The fourth-order valence-electron chi connectivity index (χ4n) is 10.2. The summed E-state index contributed by atoms with van der Waals surface area (Å²) >= 11 is 0. The normalized spacial score (nSPS) is 12.7. The smallest absolute Gasteiger partial charge is 0.143 e. The molecule has 0 saturated heterocycles. The second-order valence-corrected chi connectivity index (χ2v) is 15.9. The van der Waals surface area contributed by atoms with Crippen LogP contribution in [0.15, 0.2) is 241 Å². The lowest BCUT2D eigenvalue weighted by molar-refractivity contribution is 0.670. The van der Waals surface area contributed by atoms with Crippen LogP contribution in [0.4, 0.5) is 17.1 Å². The Morgan fingerprint density at radius 1 is 0.361 bits per heavy atom. The Hall–Kier alpha value is -7.94. The lowest BCUT2D eigenvalue weighted by Gasteiger charge is -2.34. The Labute approximate surface area is 355 Å². The van der Waals surface area contributed by atoms with Crippen LogP contribution in [0.2, 0.25) is 0 Å². The van der Waals surface area contributed by atoms with Crippen LogP contribution in [0, 0.1) is 0 Å². The number of benzene rings is 10. The first-order valence-electron chi connectivity index (χ1n) is 21.0. The first-order valence-corrected chi connectivity index (χ1v) is 21.0. The summed E-state index contributed by atoms with van der Waals surface area (Å²) < 4.78 is 6.72. The van der Waals surface area contributed by atoms with E-state index in [0.29, 0.717) is 0 Å². The maximum absolute atomic E-state index is 6.72. The topological polar surface area (TPSA) is 16.4 Å². The van der Waals surface area contributed by atoms with Gasteiger partial charge < -0.3 is 9.32 Å². The summed E-state index contributed by atoms with van der Waals surface area (Å²) in [7, 11) is 0. The zero-order valence-corrected chi connectivity index (χ0v) is 33.4. The predicted molar refractivity (Wildman–Crippen MR) is 254 cm³/mol. The first kappa shape index (κ1) is 35.0. The van der Waals surface area contributed by atoms with Crippen molar-refractivity contribution >= 4 is 49.8 Å². The van der Waals surface area contributed by atoms with E-state index in [-0.39, 0.29) is 0 Å². The Kier molecular flexibility index (Phi) is 8.11. The molecule has 0 radical (unpaired) electrons. The van der Waals surface area contributed by atoms with Gasteiger partial charge in [-0.2, -0.15) is 0 Å². The van der Waals surface area contributed by atoms with Crippen LogP contribution >= 0.6 is 0 Å². The van der Waals surface area contributed by atoms with Gasteiger partial charge in [-0.25, -0.2) is 0 Å². The Bertz CT molecular complexity index is 3380. The van der Waals surface area contributed by atoms with E-state index in [1.165, 1.54) is 49.7 Å². The summed E-state index contributed by atoms with van der Waals surface area (Å²) in [5.74, 6) is 0. The monoisotopic (exact) mass is 777 g/mol. The largest absolute Gasteiger partial charge is 0.455 e. The summed E-state index contributed by atoms with van der Waals surface area (Å²) in [6.45, 7) is 0. The van der Waals surface area contributed by atoms with Crippen LogP contribution in [-0.4, -0.2) is 0 Å². The molecule has 11 aromatic rings. The molecule has 0 unspecified atom stereocenters. The number of nitrogens with zero attached hydrogens (tertiary/aromatic N) is 1. The van der Waals surface area contributed by atoms with Gasteiger partial charge >= 0.3 is 0 Å². The molecular formula is C59H39NO. The van der Waals surface area contributed by atoms with Crippen molar-refractivity contribution in [2.45, 2.75) is 5.41 Å². The molecule has 0 fully saturated rings. The number of hydrogen-bond acceptors (Lipinski definition) is 2. The van der Waals surface area contributed by atoms with E-state index in [2.05, 4.69) is 235 Å². The SMILES string of the molecule is c1ccc(-c2c(N(c3ccc4c(c3)-c3ccccc3C4(c3ccccc3)c3ccccc3)c3ccccc3-c3cccc4c3oc3ccccc34)ccc3ccccc23)cc1. The molecule has 286 valence electrons. The molecule has 12 rings (SSSR count). The molecular weight excluding hydrogens is 739 g/mol. The summed E-state index contributed by atoms with van der Waals surface area (Å²) in [5, 5.41) is 4.63. The number of fused-ring (bicyclic) bond motifs is 7. The van der Waals surface area contributed by atoms with Crippen molar-refractivity contribution in [3.05, 3.63) is 259 Å². The van der Waals surface area contributed by atoms with Crippen molar-refractivity contribution in [3.63, 3.8) is 0 Å². The number of hydrogen-bond donors (Lipinski definition) is 0. The van der Waals surface area contributed by atoms with Gasteiger partial charge in [-0.05, 0) is 80.0 Å². The van der Waals surface area contributed by atoms with E-state index in [1.54, 1.807) is 0 Å². The van der Waals surface area contributed by atoms with Gasteiger partial charge in [0, 0.05) is 33.2 Å². The third kappa shape index (κ3) is 5.36. The highest BCUT2D eigenvalue weighted by molar-refractivity contribution is 6.12. The van der Waals surface area contributed by atoms with Crippen LogP contribution < -0.4 is 4.90 Å². The molecule has 0 atom stereocenters. The maximum Gasteiger partial charge on any atom is 0.143 e. The van der Waals surface area contributed by atoms with Crippen molar-refractivity contribution in [1.29, 1.82) is 0 Å². The van der Waals surface area contributed by atoms with Gasteiger partial charge in [0.05, 0.1) is 16.8 Å². The number of anilines is 3. The van der Waals surface area contributed by atoms with Crippen LogP contribution in [0.25, 0.3) is 66.1 Å². The van der Waals surface area contributed by atoms with Crippen molar-refractivity contribution in [2.75, 3.05) is 4.90 Å². The van der Waals surface area contributed by atoms with Crippen LogP contribution in [0.5, 0.6) is 0 Å². The van der Waals surface area contributed by atoms with Gasteiger partial charge in [0.25, 0.3) is 0 Å². The first-order chi connectivity index (χ1) is 30.3. The molecule has 0 bridgehead atoms. The molecule has 61 heavy (non-hydrogen) atoms. The Morgan fingerprint density at radius 3 is 1.74 bits per heavy atom. The lowest BCUT2D eigenvalue weighted by Crippen LogP contribution is -2.28. The van der Waals surface area contributed by atoms with E-state index < -0.39 is 5.41 Å². The highest BCUT2D eigenvalue weighted by atomic mass is 16.3. The predicted octanol–water partition coefficient (Wildman–Crippen LogP) is 15.9. The highest BCUT2D eigenvalue weighted by Gasteiger charge is 2.46. The second-order valence-electron chi connectivity index (χ2n) is 15.9. The number of para-hydroxylation sites is 3. The van der Waals surface area contributed by atoms with Gasteiger partial charge in [0.15, 0.2) is 0 Å². The van der Waals surface area contributed by atoms with Crippen LogP contribution in [0.1, 0.15) is 22.3 Å². The van der Waals surface area contributed by atoms with Crippen molar-refractivity contribution in [1.82, 2.24) is 0 Å². The van der Waals surface area contributed by atoms with Crippen LogP contribution in [0.3, 0.4) is 0 Å². The standard InChI is InChI=1S/C59H39NO/c1-4-20-41(21-5-1)57-45-26-11-10-19-40(45)35-38-55(57)60(54-33-16-13-28-47(54)49-30-18-31-50-48-29-14-17-34-56(48)61-58(49)50)44-36-37-53-51(39-44)46-27-12-15-32-52(46)59(53,42-22-6-2-7-23-42)43-24-8-3-9-25-43/h1-39H. The lowest BCUT2D eigenvalue weighted by atomic mass is 9.68. The minimum Gasteiger partial charge on any atom is -0.455 e. The molecule has 0 amide bonds. The zero-order chi connectivity index (χ0) is 40.3. The van der Waals surface area contributed by atoms with Crippen LogP contribution in [-0.2, 0) is 5.41 Å². The third-order valence-electron chi connectivity index (χ3n) is 12.8. The van der Waals surface area contributed by atoms with E-state index >= 15 is 0 Å². The Morgan fingerprint density at radius 2 is 0.951 bits per heavy atom. The fraction of sp³-hybridized carbons (Fsp3) is 0.0169. The quantitative estimate of drug-likeness (QED) is 0.160. The molecule has 2 heteroatoms. The minimum atomic E-state index is -0.495. The van der Waals surface area contributed by atoms with Gasteiger partial charge in [-0.15, -0.1) is 0 Å². The van der Waals surface area contributed by atoms with E-state index in [9.17, 15) is 0 Å². The summed E-state index contributed by atoms with van der Waals surface area (Å²) in [6, 6.07) is 86.1. The van der Waals surface area contributed by atoms with Crippen molar-refractivity contribution in [2.24, 2.45) is 0 Å². The second kappa shape index (κ2) is 14.1. The van der Waals surface area contributed by atoms with E-state index in [0.717, 1.165) is 55.7 Å². The summed E-state index contributed by atoms with van der Waals surface area (Å²) in [5.41, 5.74) is 16.5. The highest BCUT2D eigenvalue weighted by Crippen LogP contribution is 2.58. The number of rotatable bonds is 7. The molecule has 1 aliphatic rings. The molecule has 0 aliphatic heterocycles. The van der Waals surface area contributed by atoms with Gasteiger partial charge in [-0.1, -0.05) is 206 Å².